The van der Waals surface area contributed by atoms with Crippen LogP contribution in [0.4, 0.5) is 5.82 Å². The van der Waals surface area contributed by atoms with Crippen LogP contribution in [0, 0.1) is 6.92 Å². The van der Waals surface area contributed by atoms with Gasteiger partial charge in [-0.25, -0.2) is 0 Å². The van der Waals surface area contributed by atoms with Crippen LogP contribution in [-0.2, 0) is 17.9 Å². The van der Waals surface area contributed by atoms with Crippen molar-refractivity contribution in [1.29, 1.82) is 0 Å². The van der Waals surface area contributed by atoms with Crippen LogP contribution >= 0.6 is 11.6 Å². The van der Waals surface area contributed by atoms with E-state index in [1.54, 1.807) is 15.4 Å². The summed E-state index contributed by atoms with van der Waals surface area (Å²) in [5.74, 6) is 0.463. The smallest absolute Gasteiger partial charge is 0.227 e. The lowest BCUT2D eigenvalue weighted by molar-refractivity contribution is -0.116. The maximum absolute atomic E-state index is 12.0. The Balaban J connectivity index is 1.51. The van der Waals surface area contributed by atoms with Crippen molar-refractivity contribution in [3.8, 4) is 0 Å². The summed E-state index contributed by atoms with van der Waals surface area (Å²) in [6.45, 7) is 3.09. The molecular formula is C17H18ClN5O. The first-order valence-corrected chi connectivity index (χ1v) is 8.04. The molecule has 0 unspecified atom stereocenters. The molecule has 1 N–H and O–H groups in total. The van der Waals surface area contributed by atoms with Crippen LogP contribution in [0.3, 0.4) is 0 Å². The molecule has 124 valence electrons. The SMILES string of the molecule is Cc1ccn(CCC(=O)Nc2ccn(Cc3ccc(Cl)cc3)n2)n1. The van der Waals surface area contributed by atoms with Crippen molar-refractivity contribution in [3.05, 3.63) is 65.1 Å². The summed E-state index contributed by atoms with van der Waals surface area (Å²) in [6, 6.07) is 11.3. The molecule has 1 amide bonds. The summed E-state index contributed by atoms with van der Waals surface area (Å²) in [5, 5.41) is 12.1. The van der Waals surface area contributed by atoms with Crippen LogP contribution in [0.25, 0.3) is 0 Å². The molecule has 0 aliphatic carbocycles. The normalized spacial score (nSPS) is 10.8. The lowest BCUT2D eigenvalue weighted by atomic mass is 10.2. The van der Waals surface area contributed by atoms with E-state index in [0.717, 1.165) is 11.3 Å². The fraction of sp³-hybridized carbons (Fsp3) is 0.235. The Morgan fingerprint density at radius 3 is 2.54 bits per heavy atom. The number of nitrogens with zero attached hydrogens (tertiary/aromatic N) is 4. The molecule has 2 aromatic heterocycles. The van der Waals surface area contributed by atoms with Crippen LogP contribution < -0.4 is 5.32 Å². The van der Waals surface area contributed by atoms with Gasteiger partial charge >= 0.3 is 0 Å². The van der Waals surface area contributed by atoms with Crippen molar-refractivity contribution in [2.45, 2.75) is 26.4 Å². The summed E-state index contributed by atoms with van der Waals surface area (Å²) in [5.41, 5.74) is 2.03. The number of nitrogens with one attached hydrogen (secondary N) is 1. The van der Waals surface area contributed by atoms with Crippen molar-refractivity contribution >= 4 is 23.3 Å². The molecule has 7 heteroatoms. The Morgan fingerprint density at radius 1 is 1.08 bits per heavy atom. The highest BCUT2D eigenvalue weighted by atomic mass is 35.5. The number of carbonyl (C=O) groups excluding carboxylic acids is 1. The molecular weight excluding hydrogens is 326 g/mol. The van der Waals surface area contributed by atoms with Crippen LogP contribution in [0.15, 0.2) is 48.8 Å². The molecule has 0 spiro atoms. The number of hydrogen-bond donors (Lipinski definition) is 1. The quantitative estimate of drug-likeness (QED) is 0.748. The first-order chi connectivity index (χ1) is 11.6. The first-order valence-electron chi connectivity index (χ1n) is 7.66. The molecule has 0 saturated heterocycles. The van der Waals surface area contributed by atoms with Gasteiger partial charge in [0.25, 0.3) is 0 Å². The van der Waals surface area contributed by atoms with Gasteiger partial charge in [-0.15, -0.1) is 0 Å². The molecule has 0 aliphatic rings. The average molecular weight is 344 g/mol. The van der Waals surface area contributed by atoms with Gasteiger partial charge in [0, 0.05) is 36.4 Å². The Labute approximate surface area is 145 Å². The van der Waals surface area contributed by atoms with Gasteiger partial charge in [0.1, 0.15) is 0 Å². The zero-order valence-corrected chi connectivity index (χ0v) is 14.1. The second-order valence-electron chi connectivity index (χ2n) is 5.54. The predicted octanol–water partition coefficient (Wildman–Crippen LogP) is 3.12. The zero-order chi connectivity index (χ0) is 16.9. The van der Waals surface area contributed by atoms with E-state index >= 15 is 0 Å². The van der Waals surface area contributed by atoms with Crippen molar-refractivity contribution < 1.29 is 4.79 Å². The van der Waals surface area contributed by atoms with Crippen molar-refractivity contribution in [2.24, 2.45) is 0 Å². The van der Waals surface area contributed by atoms with E-state index in [4.69, 9.17) is 11.6 Å². The number of amides is 1. The molecule has 3 rings (SSSR count). The van der Waals surface area contributed by atoms with Crippen LogP contribution in [0.2, 0.25) is 5.02 Å². The van der Waals surface area contributed by atoms with Gasteiger partial charge < -0.3 is 5.32 Å². The minimum Gasteiger partial charge on any atom is -0.309 e. The number of aromatic nitrogens is 4. The monoisotopic (exact) mass is 343 g/mol. The lowest BCUT2D eigenvalue weighted by Gasteiger charge is -2.04. The van der Waals surface area contributed by atoms with Gasteiger partial charge in [-0.3, -0.25) is 14.2 Å². The van der Waals surface area contributed by atoms with E-state index < -0.39 is 0 Å². The minimum absolute atomic E-state index is 0.0834. The topological polar surface area (TPSA) is 64.7 Å². The van der Waals surface area contributed by atoms with Gasteiger partial charge in [-0.2, -0.15) is 10.2 Å². The number of aryl methyl sites for hydroxylation is 2. The Morgan fingerprint density at radius 2 is 1.83 bits per heavy atom. The van der Waals surface area contributed by atoms with Gasteiger partial charge in [0.2, 0.25) is 5.91 Å². The second kappa shape index (κ2) is 7.31. The number of anilines is 1. The number of rotatable bonds is 6. The van der Waals surface area contributed by atoms with Gasteiger partial charge in [0.05, 0.1) is 12.2 Å². The average Bonchev–Trinajstić information content (AvgIpc) is 3.17. The predicted molar refractivity (Wildman–Crippen MR) is 93.0 cm³/mol. The fourth-order valence-electron chi connectivity index (χ4n) is 2.30. The number of halogens is 1. The molecule has 0 radical (unpaired) electrons. The summed E-state index contributed by atoms with van der Waals surface area (Å²) in [4.78, 5) is 12.0. The first kappa shape index (κ1) is 16.3. The minimum atomic E-state index is -0.0834. The summed E-state index contributed by atoms with van der Waals surface area (Å²) in [7, 11) is 0. The third kappa shape index (κ3) is 4.45. The van der Waals surface area contributed by atoms with E-state index in [-0.39, 0.29) is 5.91 Å². The van der Waals surface area contributed by atoms with E-state index in [2.05, 4.69) is 15.5 Å². The maximum atomic E-state index is 12.0. The van der Waals surface area contributed by atoms with Gasteiger partial charge in [0.15, 0.2) is 5.82 Å². The van der Waals surface area contributed by atoms with Crippen LogP contribution in [0.5, 0.6) is 0 Å². The largest absolute Gasteiger partial charge is 0.309 e. The molecule has 0 aliphatic heterocycles. The van der Waals surface area contributed by atoms with E-state index in [1.165, 1.54) is 0 Å². The Bertz CT molecular complexity index is 822. The molecule has 0 bridgehead atoms. The second-order valence-corrected chi connectivity index (χ2v) is 5.98. The van der Waals surface area contributed by atoms with Gasteiger partial charge in [-0.05, 0) is 30.7 Å². The molecule has 6 nitrogen and oxygen atoms in total. The van der Waals surface area contributed by atoms with Crippen molar-refractivity contribution in [2.75, 3.05) is 5.32 Å². The highest BCUT2D eigenvalue weighted by Gasteiger charge is 2.06. The zero-order valence-electron chi connectivity index (χ0n) is 13.3. The Kier molecular flexibility index (Phi) is 4.96. The van der Waals surface area contributed by atoms with Crippen LogP contribution in [0.1, 0.15) is 17.7 Å². The third-order valence-electron chi connectivity index (χ3n) is 3.51. The molecule has 0 fully saturated rings. The summed E-state index contributed by atoms with van der Waals surface area (Å²) in [6.07, 6.45) is 4.05. The Hall–Kier alpha value is -2.60. The molecule has 2 heterocycles. The lowest BCUT2D eigenvalue weighted by Crippen LogP contribution is -2.15. The number of hydrogen-bond acceptors (Lipinski definition) is 3. The number of benzene rings is 1. The molecule has 0 atom stereocenters. The molecule has 1 aromatic carbocycles. The van der Waals surface area contributed by atoms with Crippen molar-refractivity contribution in [1.82, 2.24) is 19.6 Å². The third-order valence-corrected chi connectivity index (χ3v) is 3.76. The van der Waals surface area contributed by atoms with Crippen LogP contribution in [-0.4, -0.2) is 25.5 Å². The fourth-order valence-corrected chi connectivity index (χ4v) is 2.43. The number of carbonyl (C=O) groups is 1. The molecule has 0 saturated carbocycles. The van der Waals surface area contributed by atoms with Gasteiger partial charge in [-0.1, -0.05) is 23.7 Å². The standard InChI is InChI=1S/C17H18ClN5O/c1-13-6-9-22(20-13)11-8-17(24)19-16-7-10-23(21-16)12-14-2-4-15(18)5-3-14/h2-7,9-10H,8,11-12H2,1H3,(H,19,21,24). The maximum Gasteiger partial charge on any atom is 0.227 e. The van der Waals surface area contributed by atoms with E-state index in [1.807, 2.05) is 49.6 Å². The molecule has 24 heavy (non-hydrogen) atoms. The van der Waals surface area contributed by atoms with Crippen molar-refractivity contribution in [3.63, 3.8) is 0 Å². The van der Waals surface area contributed by atoms with E-state index in [9.17, 15) is 4.79 Å². The molecule has 3 aromatic rings. The highest BCUT2D eigenvalue weighted by Crippen LogP contribution is 2.11. The summed E-state index contributed by atoms with van der Waals surface area (Å²) >= 11 is 5.88. The highest BCUT2D eigenvalue weighted by molar-refractivity contribution is 6.30. The summed E-state index contributed by atoms with van der Waals surface area (Å²) < 4.78 is 3.53. The van der Waals surface area contributed by atoms with E-state index in [0.29, 0.717) is 30.4 Å².